The number of carboxylic acid groups (broad SMARTS) is 1. The maximum atomic E-state index is 12.7. The molecule has 1 N–H and O–H groups in total. The number of hydrogen-bond acceptors (Lipinski definition) is 4. The molecule has 0 amide bonds. The van der Waals surface area contributed by atoms with Gasteiger partial charge in [0.2, 0.25) is 5.88 Å². The van der Waals surface area contributed by atoms with Gasteiger partial charge in [-0.3, -0.25) is 0 Å². The Hall–Kier alpha value is -2.20. The first-order valence-corrected chi connectivity index (χ1v) is 4.61. The summed E-state index contributed by atoms with van der Waals surface area (Å²) in [5.41, 5.74) is -3.81. The summed E-state index contributed by atoms with van der Waals surface area (Å²) in [5.74, 6) is -4.70. The molecule has 1 heterocycles. The number of methoxy groups -OCH3 is 1. The van der Waals surface area contributed by atoms with Crippen molar-refractivity contribution in [2.75, 3.05) is 7.11 Å². The highest BCUT2D eigenvalue weighted by atomic mass is 19.4. The molecule has 112 valence electrons. The molecule has 0 atom stereocenters. The fourth-order valence-corrected chi connectivity index (χ4v) is 1.24. The van der Waals surface area contributed by atoms with E-state index in [1.54, 1.807) is 0 Å². The Labute approximate surface area is 106 Å². The van der Waals surface area contributed by atoms with Gasteiger partial charge in [-0.05, 0) is 0 Å². The Balaban J connectivity index is 3.60. The molecule has 0 radical (unpaired) electrons. The molecule has 1 rings (SSSR count). The number of halogens is 6. The van der Waals surface area contributed by atoms with E-state index in [0.717, 1.165) is 7.11 Å². The first kappa shape index (κ1) is 15.9. The van der Waals surface area contributed by atoms with Crippen molar-refractivity contribution in [2.45, 2.75) is 12.5 Å². The number of alkyl halides is 6. The van der Waals surface area contributed by atoms with E-state index in [1.165, 1.54) is 0 Å². The number of nitrogens with zero attached hydrogens (tertiary/aromatic N) is 1. The van der Waals surface area contributed by atoms with Crippen LogP contribution in [0, 0.1) is 0 Å². The van der Waals surface area contributed by atoms with Crippen LogP contribution in [0.25, 0.3) is 0 Å². The van der Waals surface area contributed by atoms with Crippen molar-refractivity contribution >= 4 is 5.97 Å². The van der Waals surface area contributed by atoms with Crippen LogP contribution in [-0.4, -0.2) is 29.5 Å². The molecule has 1 aromatic heterocycles. The molecule has 0 unspecified atom stereocenters. The maximum Gasteiger partial charge on any atom is 0.573 e. The van der Waals surface area contributed by atoms with E-state index in [1.807, 2.05) is 0 Å². The van der Waals surface area contributed by atoms with Gasteiger partial charge in [0, 0.05) is 6.07 Å². The smallest absolute Gasteiger partial charge is 0.481 e. The van der Waals surface area contributed by atoms with Gasteiger partial charge in [-0.15, -0.1) is 13.2 Å². The predicted molar refractivity (Wildman–Crippen MR) is 49.4 cm³/mol. The largest absolute Gasteiger partial charge is 0.573 e. The second-order valence-electron chi connectivity index (χ2n) is 3.24. The monoisotopic (exact) mass is 305 g/mol. The van der Waals surface area contributed by atoms with E-state index in [9.17, 15) is 31.1 Å². The molecule has 0 spiro atoms. The molecule has 0 saturated carbocycles. The summed E-state index contributed by atoms with van der Waals surface area (Å²) in [7, 11) is 0.887. The standard InChI is InChI=1S/C9H5F6NO4/c1-19-4-2-3(20-9(13,14)15)5(8(10,11)12)6(16-4)7(17)18/h2H,1H3,(H,17,18). The predicted octanol–water partition coefficient (Wildman–Crippen LogP) is 2.71. The number of pyridine rings is 1. The van der Waals surface area contributed by atoms with Crippen molar-refractivity contribution in [1.82, 2.24) is 4.98 Å². The second-order valence-corrected chi connectivity index (χ2v) is 3.24. The zero-order valence-corrected chi connectivity index (χ0v) is 9.46. The van der Waals surface area contributed by atoms with Crippen molar-refractivity contribution in [1.29, 1.82) is 0 Å². The van der Waals surface area contributed by atoms with E-state index in [0.29, 0.717) is 0 Å². The summed E-state index contributed by atoms with van der Waals surface area (Å²) >= 11 is 0. The van der Waals surface area contributed by atoms with Gasteiger partial charge in [0.25, 0.3) is 0 Å². The van der Waals surface area contributed by atoms with Crippen LogP contribution in [0.5, 0.6) is 11.6 Å². The van der Waals surface area contributed by atoms with E-state index < -0.39 is 41.4 Å². The fourth-order valence-electron chi connectivity index (χ4n) is 1.24. The van der Waals surface area contributed by atoms with Crippen molar-refractivity contribution in [2.24, 2.45) is 0 Å². The van der Waals surface area contributed by atoms with Gasteiger partial charge in [-0.1, -0.05) is 0 Å². The minimum atomic E-state index is -5.44. The number of hydrogen-bond donors (Lipinski definition) is 1. The van der Waals surface area contributed by atoms with Crippen LogP contribution >= 0.6 is 0 Å². The molecule has 0 aliphatic rings. The summed E-state index contributed by atoms with van der Waals surface area (Å²) in [6.07, 6.45) is -10.9. The van der Waals surface area contributed by atoms with E-state index in [4.69, 9.17) is 5.11 Å². The average Bonchev–Trinajstić information content (AvgIpc) is 2.23. The Kier molecular flexibility index (Phi) is 4.01. The van der Waals surface area contributed by atoms with Crippen molar-refractivity contribution in [3.05, 3.63) is 17.3 Å². The van der Waals surface area contributed by atoms with Crippen molar-refractivity contribution in [3.63, 3.8) is 0 Å². The highest BCUT2D eigenvalue weighted by Crippen LogP contribution is 2.41. The van der Waals surface area contributed by atoms with E-state index >= 15 is 0 Å². The molecule has 0 saturated heterocycles. The highest BCUT2D eigenvalue weighted by molar-refractivity contribution is 5.88. The molecular formula is C9H5F6NO4. The fraction of sp³-hybridized carbons (Fsp3) is 0.333. The van der Waals surface area contributed by atoms with E-state index in [-0.39, 0.29) is 6.07 Å². The first-order chi connectivity index (χ1) is 8.95. The van der Waals surface area contributed by atoms with Crippen LogP contribution in [0.4, 0.5) is 26.3 Å². The molecule has 1 aromatic rings. The third-order valence-electron chi connectivity index (χ3n) is 1.88. The zero-order valence-electron chi connectivity index (χ0n) is 9.46. The Bertz CT molecular complexity index is 524. The number of aromatic carboxylic acids is 1. The van der Waals surface area contributed by atoms with Crippen molar-refractivity contribution in [3.8, 4) is 11.6 Å². The molecule has 11 heteroatoms. The van der Waals surface area contributed by atoms with Crippen LogP contribution in [0.1, 0.15) is 16.1 Å². The van der Waals surface area contributed by atoms with Gasteiger partial charge in [-0.25, -0.2) is 9.78 Å². The topological polar surface area (TPSA) is 68.7 Å². The number of carbonyl (C=O) groups is 1. The Morgan fingerprint density at radius 1 is 1.25 bits per heavy atom. The second kappa shape index (κ2) is 5.06. The maximum absolute atomic E-state index is 12.7. The average molecular weight is 305 g/mol. The molecule has 20 heavy (non-hydrogen) atoms. The van der Waals surface area contributed by atoms with Gasteiger partial charge in [0.15, 0.2) is 5.69 Å². The quantitative estimate of drug-likeness (QED) is 0.870. The van der Waals surface area contributed by atoms with Crippen LogP contribution in [0.15, 0.2) is 6.07 Å². The summed E-state index contributed by atoms with van der Waals surface area (Å²) in [5, 5.41) is 8.62. The molecule has 0 bridgehead atoms. The number of aromatic nitrogens is 1. The van der Waals surface area contributed by atoms with Crippen LogP contribution < -0.4 is 9.47 Å². The number of ether oxygens (including phenoxy) is 2. The first-order valence-electron chi connectivity index (χ1n) is 4.61. The van der Waals surface area contributed by atoms with Gasteiger partial charge < -0.3 is 14.6 Å². The Morgan fingerprint density at radius 2 is 1.80 bits per heavy atom. The van der Waals surface area contributed by atoms with Crippen LogP contribution in [-0.2, 0) is 6.18 Å². The number of carboxylic acids is 1. The molecule has 0 aliphatic carbocycles. The van der Waals surface area contributed by atoms with Crippen LogP contribution in [0.3, 0.4) is 0 Å². The summed E-state index contributed by atoms with van der Waals surface area (Å²) < 4.78 is 81.8. The minimum absolute atomic E-state index is 0.197. The highest BCUT2D eigenvalue weighted by Gasteiger charge is 2.44. The summed E-state index contributed by atoms with van der Waals surface area (Å²) in [6.45, 7) is 0. The summed E-state index contributed by atoms with van der Waals surface area (Å²) in [4.78, 5) is 13.7. The lowest BCUT2D eigenvalue weighted by Crippen LogP contribution is -2.23. The third kappa shape index (κ3) is 3.65. The molecule has 0 aliphatic heterocycles. The lowest BCUT2D eigenvalue weighted by Gasteiger charge is -2.17. The molecular weight excluding hydrogens is 300 g/mol. The molecule has 0 aromatic carbocycles. The van der Waals surface area contributed by atoms with Crippen molar-refractivity contribution < 1.29 is 45.7 Å². The normalized spacial score (nSPS) is 12.2. The molecule has 0 fully saturated rings. The molecule has 5 nitrogen and oxygen atoms in total. The van der Waals surface area contributed by atoms with Gasteiger partial charge >= 0.3 is 18.5 Å². The summed E-state index contributed by atoms with van der Waals surface area (Å²) in [6, 6.07) is 0.197. The Morgan fingerprint density at radius 3 is 2.15 bits per heavy atom. The lowest BCUT2D eigenvalue weighted by molar-refractivity contribution is -0.276. The van der Waals surface area contributed by atoms with Gasteiger partial charge in [0.05, 0.1) is 7.11 Å². The third-order valence-corrected chi connectivity index (χ3v) is 1.88. The van der Waals surface area contributed by atoms with E-state index in [2.05, 4.69) is 14.5 Å². The SMILES string of the molecule is COc1cc(OC(F)(F)F)c(C(F)(F)F)c(C(=O)O)n1. The number of rotatable bonds is 3. The zero-order chi connectivity index (χ0) is 15.7. The van der Waals surface area contributed by atoms with Crippen LogP contribution in [0.2, 0.25) is 0 Å². The minimum Gasteiger partial charge on any atom is -0.481 e. The lowest BCUT2D eigenvalue weighted by atomic mass is 10.1. The van der Waals surface area contributed by atoms with Gasteiger partial charge in [0.1, 0.15) is 11.3 Å². The van der Waals surface area contributed by atoms with Gasteiger partial charge in [-0.2, -0.15) is 13.2 Å².